The Morgan fingerprint density at radius 1 is 1.39 bits per heavy atom. The molecule has 1 rings (SSSR count). The van der Waals surface area contributed by atoms with E-state index < -0.39 is 5.97 Å². The Bertz CT molecular complexity index is 459. The first-order valence-electron chi connectivity index (χ1n) is 5.38. The fourth-order valence-electron chi connectivity index (χ4n) is 1.23. The highest BCUT2D eigenvalue weighted by molar-refractivity contribution is 8.00. The zero-order chi connectivity index (χ0) is 13.7. The van der Waals surface area contributed by atoms with E-state index >= 15 is 0 Å². The Labute approximate surface area is 109 Å². The number of anilines is 1. The number of carbonyl (C=O) groups is 2. The molecule has 1 amide bonds. The van der Waals surface area contributed by atoms with Gasteiger partial charge < -0.3 is 15.5 Å². The molecule has 0 bridgehead atoms. The number of phenols is 1. The molecule has 0 aliphatic rings. The van der Waals surface area contributed by atoms with E-state index in [2.05, 4.69) is 5.32 Å². The smallest absolute Gasteiger partial charge is 0.339 e. The number of nitrogens with one attached hydrogen (secondary N) is 1. The van der Waals surface area contributed by atoms with Gasteiger partial charge in [0, 0.05) is 11.8 Å². The van der Waals surface area contributed by atoms with Crippen LogP contribution in [0.4, 0.5) is 5.69 Å². The van der Waals surface area contributed by atoms with Crippen molar-refractivity contribution < 1.29 is 19.8 Å². The third kappa shape index (κ3) is 4.29. The quantitative estimate of drug-likeness (QED) is 0.762. The first-order valence-corrected chi connectivity index (χ1v) is 6.42. The van der Waals surface area contributed by atoms with Gasteiger partial charge in [-0.1, -0.05) is 13.8 Å². The lowest BCUT2D eigenvalue weighted by molar-refractivity contribution is -0.113. The molecule has 0 heterocycles. The summed E-state index contributed by atoms with van der Waals surface area (Å²) in [7, 11) is 0. The number of thioether (sulfide) groups is 1. The maximum absolute atomic E-state index is 11.5. The van der Waals surface area contributed by atoms with Gasteiger partial charge >= 0.3 is 5.97 Å². The first kappa shape index (κ1) is 14.4. The summed E-state index contributed by atoms with van der Waals surface area (Å²) in [5.74, 6) is -1.44. The average Bonchev–Trinajstić information content (AvgIpc) is 2.26. The summed E-state index contributed by atoms with van der Waals surface area (Å²) < 4.78 is 0. The predicted molar refractivity (Wildman–Crippen MR) is 71.3 cm³/mol. The monoisotopic (exact) mass is 269 g/mol. The standard InChI is InChI=1S/C12H15NO4S/c1-7(2)18-6-11(15)13-8-3-4-9(12(16)17)10(14)5-8/h3-5,7,14H,6H2,1-2H3,(H,13,15)(H,16,17). The van der Waals surface area contributed by atoms with Crippen molar-refractivity contribution in [1.82, 2.24) is 0 Å². The van der Waals surface area contributed by atoms with Gasteiger partial charge in [-0.25, -0.2) is 4.79 Å². The predicted octanol–water partition coefficient (Wildman–Crippen LogP) is 2.17. The van der Waals surface area contributed by atoms with Crippen LogP contribution in [0.3, 0.4) is 0 Å². The molecule has 0 unspecified atom stereocenters. The summed E-state index contributed by atoms with van der Waals surface area (Å²) in [4.78, 5) is 22.2. The van der Waals surface area contributed by atoms with Gasteiger partial charge in [0.15, 0.2) is 0 Å². The van der Waals surface area contributed by atoms with E-state index in [1.54, 1.807) is 0 Å². The molecule has 1 aromatic rings. The van der Waals surface area contributed by atoms with Crippen LogP contribution in [-0.2, 0) is 4.79 Å². The molecule has 3 N–H and O–H groups in total. The highest BCUT2D eigenvalue weighted by atomic mass is 32.2. The van der Waals surface area contributed by atoms with Crippen LogP contribution in [0.25, 0.3) is 0 Å². The maximum Gasteiger partial charge on any atom is 0.339 e. The topological polar surface area (TPSA) is 86.6 Å². The molecule has 0 fully saturated rings. The Hall–Kier alpha value is -1.69. The largest absolute Gasteiger partial charge is 0.507 e. The molecule has 0 aromatic heterocycles. The number of aromatic carboxylic acids is 1. The molecule has 0 spiro atoms. The van der Waals surface area contributed by atoms with Crippen LogP contribution in [0, 0.1) is 0 Å². The number of amides is 1. The molecule has 0 aliphatic carbocycles. The molecule has 0 atom stereocenters. The number of carboxylic acids is 1. The number of benzene rings is 1. The van der Waals surface area contributed by atoms with Gasteiger partial charge in [-0.2, -0.15) is 0 Å². The normalized spacial score (nSPS) is 10.4. The number of hydrogen-bond donors (Lipinski definition) is 3. The van der Waals surface area contributed by atoms with E-state index in [9.17, 15) is 14.7 Å². The lowest BCUT2D eigenvalue weighted by Crippen LogP contribution is -2.15. The summed E-state index contributed by atoms with van der Waals surface area (Å²) in [5.41, 5.74) is 0.191. The lowest BCUT2D eigenvalue weighted by Gasteiger charge is -2.08. The van der Waals surface area contributed by atoms with Crippen molar-refractivity contribution in [2.24, 2.45) is 0 Å². The van der Waals surface area contributed by atoms with Gasteiger partial charge in [0.1, 0.15) is 11.3 Å². The molecule has 0 radical (unpaired) electrons. The third-order valence-corrected chi connectivity index (χ3v) is 3.16. The van der Waals surface area contributed by atoms with Gasteiger partial charge in [-0.05, 0) is 17.4 Å². The van der Waals surface area contributed by atoms with Crippen molar-refractivity contribution >= 4 is 29.3 Å². The zero-order valence-corrected chi connectivity index (χ0v) is 11.0. The van der Waals surface area contributed by atoms with Gasteiger partial charge in [-0.3, -0.25) is 4.79 Å². The van der Waals surface area contributed by atoms with Gasteiger partial charge in [0.25, 0.3) is 0 Å². The second-order valence-electron chi connectivity index (χ2n) is 3.95. The Balaban J connectivity index is 2.66. The van der Waals surface area contributed by atoms with E-state index in [1.165, 1.54) is 30.0 Å². The maximum atomic E-state index is 11.5. The molecular formula is C12H15NO4S. The van der Waals surface area contributed by atoms with Crippen LogP contribution < -0.4 is 5.32 Å². The molecule has 0 saturated heterocycles. The highest BCUT2D eigenvalue weighted by Crippen LogP contribution is 2.22. The van der Waals surface area contributed by atoms with Gasteiger partial charge in [-0.15, -0.1) is 11.8 Å². The number of hydrogen-bond acceptors (Lipinski definition) is 4. The minimum atomic E-state index is -1.21. The summed E-state index contributed by atoms with van der Waals surface area (Å²) in [6.07, 6.45) is 0. The van der Waals surface area contributed by atoms with Crippen molar-refractivity contribution in [3.8, 4) is 5.75 Å². The van der Waals surface area contributed by atoms with Crippen LogP contribution in [0.15, 0.2) is 18.2 Å². The third-order valence-electron chi connectivity index (χ3n) is 2.06. The second-order valence-corrected chi connectivity index (χ2v) is 5.51. The number of carboxylic acid groups (broad SMARTS) is 1. The van der Waals surface area contributed by atoms with Crippen molar-refractivity contribution in [3.63, 3.8) is 0 Å². The average molecular weight is 269 g/mol. The molecule has 18 heavy (non-hydrogen) atoms. The van der Waals surface area contributed by atoms with E-state index in [4.69, 9.17) is 5.11 Å². The summed E-state index contributed by atoms with van der Waals surface area (Å²) in [6, 6.07) is 3.92. The van der Waals surface area contributed by atoms with E-state index in [1.807, 2.05) is 13.8 Å². The number of carbonyl (C=O) groups excluding carboxylic acids is 1. The lowest BCUT2D eigenvalue weighted by atomic mass is 10.2. The van der Waals surface area contributed by atoms with Crippen LogP contribution >= 0.6 is 11.8 Å². The van der Waals surface area contributed by atoms with Gasteiger partial charge in [0.05, 0.1) is 5.75 Å². The Morgan fingerprint density at radius 2 is 2.06 bits per heavy atom. The van der Waals surface area contributed by atoms with Crippen molar-refractivity contribution in [1.29, 1.82) is 0 Å². The van der Waals surface area contributed by atoms with Crippen molar-refractivity contribution in [3.05, 3.63) is 23.8 Å². The Morgan fingerprint density at radius 3 is 2.56 bits per heavy atom. The van der Waals surface area contributed by atoms with E-state index in [-0.39, 0.29) is 17.2 Å². The van der Waals surface area contributed by atoms with E-state index in [0.29, 0.717) is 16.7 Å². The second kappa shape index (κ2) is 6.30. The van der Waals surface area contributed by atoms with Crippen molar-refractivity contribution in [2.75, 3.05) is 11.1 Å². The van der Waals surface area contributed by atoms with E-state index in [0.717, 1.165) is 0 Å². The molecule has 5 nitrogen and oxygen atoms in total. The number of rotatable bonds is 5. The van der Waals surface area contributed by atoms with Crippen LogP contribution in [0.2, 0.25) is 0 Å². The summed E-state index contributed by atoms with van der Waals surface area (Å²) in [6.45, 7) is 3.98. The minimum absolute atomic E-state index is 0.184. The van der Waals surface area contributed by atoms with Crippen molar-refractivity contribution in [2.45, 2.75) is 19.1 Å². The fourth-order valence-corrected chi connectivity index (χ4v) is 1.79. The minimum Gasteiger partial charge on any atom is -0.507 e. The van der Waals surface area contributed by atoms with Crippen LogP contribution in [0.1, 0.15) is 24.2 Å². The number of aromatic hydroxyl groups is 1. The summed E-state index contributed by atoms with van der Waals surface area (Å²) >= 11 is 1.50. The SMILES string of the molecule is CC(C)SCC(=O)Nc1ccc(C(=O)O)c(O)c1. The summed E-state index contributed by atoms with van der Waals surface area (Å²) in [5, 5.41) is 21.1. The fraction of sp³-hybridized carbons (Fsp3) is 0.333. The first-order chi connectivity index (χ1) is 8.40. The van der Waals surface area contributed by atoms with Gasteiger partial charge in [0.2, 0.25) is 5.91 Å². The van der Waals surface area contributed by atoms with Crippen LogP contribution in [-0.4, -0.2) is 33.1 Å². The molecule has 1 aromatic carbocycles. The molecule has 6 heteroatoms. The molecule has 0 aliphatic heterocycles. The van der Waals surface area contributed by atoms with Crippen LogP contribution in [0.5, 0.6) is 5.75 Å². The highest BCUT2D eigenvalue weighted by Gasteiger charge is 2.11. The molecule has 0 saturated carbocycles. The molecular weight excluding hydrogens is 254 g/mol. The Kier molecular flexibility index (Phi) is 5.03. The zero-order valence-electron chi connectivity index (χ0n) is 10.1. The molecule has 98 valence electrons.